The number of rotatable bonds is 4. The van der Waals surface area contributed by atoms with Gasteiger partial charge in [-0.1, -0.05) is 29.3 Å². The Hall–Kier alpha value is -0.770. The van der Waals surface area contributed by atoms with Gasteiger partial charge in [-0.15, -0.1) is 0 Å². The summed E-state index contributed by atoms with van der Waals surface area (Å²) >= 11 is 13.7. The van der Waals surface area contributed by atoms with Crippen LogP contribution in [-0.4, -0.2) is 6.26 Å². The highest BCUT2D eigenvalue weighted by Crippen LogP contribution is 2.32. The fraction of sp³-hybridized carbons (Fsp3) is 0.167. The van der Waals surface area contributed by atoms with Crippen molar-refractivity contribution in [3.63, 3.8) is 0 Å². The zero-order valence-corrected chi connectivity index (χ0v) is 11.5. The van der Waals surface area contributed by atoms with Gasteiger partial charge in [-0.05, 0) is 18.4 Å². The zero-order valence-electron chi connectivity index (χ0n) is 9.17. The van der Waals surface area contributed by atoms with Gasteiger partial charge in [0.2, 0.25) is 0 Å². The number of thioether (sulfide) groups is 1. The molecule has 5 heteroatoms. The first-order chi connectivity index (χ1) is 8.20. The molecule has 0 fully saturated rings. The Morgan fingerprint density at radius 2 is 2.18 bits per heavy atom. The van der Waals surface area contributed by atoms with E-state index in [9.17, 15) is 0 Å². The number of benzene rings is 1. The smallest absolute Gasteiger partial charge is 0.115 e. The maximum absolute atomic E-state index is 6.08. The third-order valence-corrected chi connectivity index (χ3v) is 3.56. The van der Waals surface area contributed by atoms with Crippen LogP contribution in [0.4, 0.5) is 11.4 Å². The Morgan fingerprint density at radius 1 is 1.35 bits per heavy atom. The van der Waals surface area contributed by atoms with Crippen LogP contribution in [0.2, 0.25) is 10.0 Å². The molecule has 0 saturated carbocycles. The summed E-state index contributed by atoms with van der Waals surface area (Å²) in [5, 5.41) is 4.22. The summed E-state index contributed by atoms with van der Waals surface area (Å²) in [7, 11) is 0. The molecule has 0 saturated heterocycles. The first kappa shape index (κ1) is 12.7. The molecule has 0 bridgehead atoms. The lowest BCUT2D eigenvalue weighted by Gasteiger charge is -2.06. The van der Waals surface area contributed by atoms with Crippen molar-refractivity contribution in [1.82, 2.24) is 0 Å². The Balaban J connectivity index is 2.16. The molecule has 0 unspecified atom stereocenters. The third kappa shape index (κ3) is 3.12. The van der Waals surface area contributed by atoms with E-state index in [1.165, 1.54) is 0 Å². The van der Waals surface area contributed by atoms with E-state index in [4.69, 9.17) is 27.6 Å². The van der Waals surface area contributed by atoms with Gasteiger partial charge in [0.1, 0.15) is 12.0 Å². The SMILES string of the molecule is CSCc1cc(Nc2cccc(Cl)c2Cl)co1. The standard InChI is InChI=1S/C12H11Cl2NOS/c1-17-7-9-5-8(6-16-9)15-11-4-2-3-10(13)12(11)14/h2-6,15H,7H2,1H3. The van der Waals surface area contributed by atoms with Gasteiger partial charge in [-0.3, -0.25) is 0 Å². The fourth-order valence-corrected chi connectivity index (χ4v) is 2.20. The van der Waals surface area contributed by atoms with E-state index >= 15 is 0 Å². The molecule has 1 N–H and O–H groups in total. The van der Waals surface area contributed by atoms with Gasteiger partial charge in [0.05, 0.1) is 27.2 Å². The second kappa shape index (κ2) is 5.71. The maximum Gasteiger partial charge on any atom is 0.115 e. The Bertz CT molecular complexity index is 513. The molecule has 0 aliphatic rings. The summed E-state index contributed by atoms with van der Waals surface area (Å²) in [5.41, 5.74) is 1.65. The van der Waals surface area contributed by atoms with E-state index in [0.29, 0.717) is 10.0 Å². The molecule has 0 spiro atoms. The molecule has 0 aliphatic carbocycles. The number of halogens is 2. The molecule has 2 aromatic rings. The minimum Gasteiger partial charge on any atom is -0.466 e. The van der Waals surface area contributed by atoms with E-state index in [1.54, 1.807) is 24.1 Å². The van der Waals surface area contributed by atoms with Crippen LogP contribution in [0.25, 0.3) is 0 Å². The van der Waals surface area contributed by atoms with Crippen molar-refractivity contribution < 1.29 is 4.42 Å². The predicted octanol–water partition coefficient (Wildman–Crippen LogP) is 5.19. The first-order valence-corrected chi connectivity index (χ1v) is 7.13. The molecule has 2 rings (SSSR count). The molecule has 1 heterocycles. The van der Waals surface area contributed by atoms with Crippen molar-refractivity contribution in [1.29, 1.82) is 0 Å². The van der Waals surface area contributed by atoms with Crippen LogP contribution in [0.5, 0.6) is 0 Å². The van der Waals surface area contributed by atoms with Crippen molar-refractivity contribution in [2.75, 3.05) is 11.6 Å². The summed E-state index contributed by atoms with van der Waals surface area (Å²) in [5.74, 6) is 1.78. The Morgan fingerprint density at radius 3 is 2.94 bits per heavy atom. The molecule has 1 aromatic heterocycles. The highest BCUT2D eigenvalue weighted by Gasteiger charge is 2.06. The normalized spacial score (nSPS) is 10.5. The third-order valence-electron chi connectivity index (χ3n) is 2.17. The quantitative estimate of drug-likeness (QED) is 0.837. The molecule has 90 valence electrons. The van der Waals surface area contributed by atoms with Gasteiger partial charge >= 0.3 is 0 Å². The van der Waals surface area contributed by atoms with Crippen molar-refractivity contribution >= 4 is 46.3 Å². The van der Waals surface area contributed by atoms with Crippen LogP contribution >= 0.6 is 35.0 Å². The molecule has 0 atom stereocenters. The minimum atomic E-state index is 0.516. The van der Waals surface area contributed by atoms with E-state index in [0.717, 1.165) is 22.9 Å². The molecule has 0 radical (unpaired) electrons. The summed E-state index contributed by atoms with van der Waals surface area (Å²) in [4.78, 5) is 0. The van der Waals surface area contributed by atoms with E-state index in [1.807, 2.05) is 24.5 Å². The number of nitrogens with one attached hydrogen (secondary N) is 1. The highest BCUT2D eigenvalue weighted by molar-refractivity contribution is 7.97. The fourth-order valence-electron chi connectivity index (χ4n) is 1.42. The second-order valence-electron chi connectivity index (χ2n) is 3.46. The average molecular weight is 288 g/mol. The largest absolute Gasteiger partial charge is 0.466 e. The van der Waals surface area contributed by atoms with Crippen molar-refractivity contribution in [3.05, 3.63) is 46.3 Å². The van der Waals surface area contributed by atoms with Gasteiger partial charge in [0.15, 0.2) is 0 Å². The molecule has 17 heavy (non-hydrogen) atoms. The zero-order chi connectivity index (χ0) is 12.3. The monoisotopic (exact) mass is 287 g/mol. The van der Waals surface area contributed by atoms with Crippen LogP contribution < -0.4 is 5.32 Å². The van der Waals surface area contributed by atoms with E-state index in [2.05, 4.69) is 5.32 Å². The molecular weight excluding hydrogens is 277 g/mol. The minimum absolute atomic E-state index is 0.516. The van der Waals surface area contributed by atoms with Crippen LogP contribution in [0.15, 0.2) is 34.9 Å². The van der Waals surface area contributed by atoms with Crippen molar-refractivity contribution in [2.24, 2.45) is 0 Å². The Labute approximate surface area is 114 Å². The first-order valence-electron chi connectivity index (χ1n) is 4.98. The number of furan rings is 1. The van der Waals surface area contributed by atoms with Crippen LogP contribution in [0.3, 0.4) is 0 Å². The molecule has 1 aromatic carbocycles. The molecular formula is C12H11Cl2NOS. The van der Waals surface area contributed by atoms with Gasteiger partial charge in [-0.25, -0.2) is 0 Å². The molecule has 0 aliphatic heterocycles. The maximum atomic E-state index is 6.08. The summed E-state index contributed by atoms with van der Waals surface area (Å²) in [6, 6.07) is 7.42. The highest BCUT2D eigenvalue weighted by atomic mass is 35.5. The lowest BCUT2D eigenvalue weighted by atomic mass is 10.3. The summed E-state index contributed by atoms with van der Waals surface area (Å²) < 4.78 is 5.39. The average Bonchev–Trinajstić information content (AvgIpc) is 2.73. The number of hydrogen-bond donors (Lipinski definition) is 1. The number of hydrogen-bond acceptors (Lipinski definition) is 3. The second-order valence-corrected chi connectivity index (χ2v) is 5.11. The summed E-state index contributed by atoms with van der Waals surface area (Å²) in [6.07, 6.45) is 3.70. The van der Waals surface area contributed by atoms with Crippen LogP contribution in [-0.2, 0) is 5.75 Å². The van der Waals surface area contributed by atoms with Gasteiger partial charge in [-0.2, -0.15) is 11.8 Å². The summed E-state index contributed by atoms with van der Waals surface area (Å²) in [6.45, 7) is 0. The van der Waals surface area contributed by atoms with Gasteiger partial charge in [0, 0.05) is 6.07 Å². The molecule has 0 amide bonds. The van der Waals surface area contributed by atoms with E-state index in [-0.39, 0.29) is 0 Å². The van der Waals surface area contributed by atoms with Crippen molar-refractivity contribution in [3.8, 4) is 0 Å². The predicted molar refractivity (Wildman–Crippen MR) is 75.7 cm³/mol. The topological polar surface area (TPSA) is 25.2 Å². The van der Waals surface area contributed by atoms with Gasteiger partial charge < -0.3 is 9.73 Å². The molecule has 2 nitrogen and oxygen atoms in total. The number of anilines is 2. The Kier molecular flexibility index (Phi) is 4.26. The van der Waals surface area contributed by atoms with E-state index < -0.39 is 0 Å². The lowest BCUT2D eigenvalue weighted by molar-refractivity contribution is 0.531. The van der Waals surface area contributed by atoms with Gasteiger partial charge in [0.25, 0.3) is 0 Å². The van der Waals surface area contributed by atoms with Crippen molar-refractivity contribution in [2.45, 2.75) is 5.75 Å². The lowest BCUT2D eigenvalue weighted by Crippen LogP contribution is -1.89. The van der Waals surface area contributed by atoms with Crippen LogP contribution in [0, 0.1) is 0 Å². The van der Waals surface area contributed by atoms with Crippen LogP contribution in [0.1, 0.15) is 5.76 Å².